The summed E-state index contributed by atoms with van der Waals surface area (Å²) in [4.78, 5) is 0. The van der Waals surface area contributed by atoms with Crippen molar-refractivity contribution in [1.82, 2.24) is 0 Å². The lowest BCUT2D eigenvalue weighted by Crippen LogP contribution is -2.67. The highest BCUT2D eigenvalue weighted by Gasteiger charge is 2.77. The molecule has 1 spiro atoms. The number of aliphatic hydroxyl groups excluding tert-OH is 10. The zero-order valence-electron chi connectivity index (χ0n) is 38.0. The maximum atomic E-state index is 11.5. The highest BCUT2D eigenvalue weighted by Crippen LogP contribution is 2.74. The van der Waals surface area contributed by atoms with Crippen molar-refractivity contribution in [3.8, 4) is 0 Å². The largest absolute Gasteiger partial charge is 0.394 e. The molecule has 0 bridgehead atoms. The van der Waals surface area contributed by atoms with Crippen molar-refractivity contribution in [2.24, 2.45) is 40.4 Å². The van der Waals surface area contributed by atoms with Crippen molar-refractivity contribution < 1.29 is 93.7 Å². The van der Waals surface area contributed by atoms with Crippen LogP contribution in [0.25, 0.3) is 0 Å². The summed E-state index contributed by atoms with van der Waals surface area (Å²) in [6.07, 6.45) is -15.8. The van der Waals surface area contributed by atoms with Gasteiger partial charge in [0, 0.05) is 18.4 Å². The van der Waals surface area contributed by atoms with Gasteiger partial charge < -0.3 is 93.7 Å². The second-order valence-corrected chi connectivity index (χ2v) is 21.1. The maximum absolute atomic E-state index is 11.5. The van der Waals surface area contributed by atoms with Crippen LogP contribution in [-0.2, 0) is 42.6 Å². The highest BCUT2D eigenvalue weighted by molar-refractivity contribution is 5.29. The smallest absolute Gasteiger partial charge is 0.187 e. The molecule has 1 unspecified atom stereocenters. The lowest BCUT2D eigenvalue weighted by atomic mass is 9.46. The monoisotopic (exact) mass is 928 g/mol. The molecule has 5 saturated heterocycles. The van der Waals surface area contributed by atoms with Crippen LogP contribution in [0, 0.1) is 40.4 Å². The maximum Gasteiger partial charge on any atom is 0.187 e. The molecule has 8 fully saturated rings. The van der Waals surface area contributed by atoms with E-state index in [0.717, 1.165) is 37.7 Å². The van der Waals surface area contributed by atoms with Gasteiger partial charge in [-0.15, -0.1) is 0 Å². The summed E-state index contributed by atoms with van der Waals surface area (Å²) in [5.74, 6) is 0.646. The molecule has 0 aromatic carbocycles. The minimum atomic E-state index is -1.83. The zero-order valence-corrected chi connectivity index (χ0v) is 38.0. The third-order valence-electron chi connectivity index (χ3n) is 17.5. The van der Waals surface area contributed by atoms with Crippen molar-refractivity contribution in [3.05, 3.63) is 23.3 Å². The first-order valence-corrected chi connectivity index (χ1v) is 23.6. The van der Waals surface area contributed by atoms with Crippen LogP contribution < -0.4 is 0 Å². The van der Waals surface area contributed by atoms with Gasteiger partial charge in [-0.1, -0.05) is 30.2 Å². The fourth-order valence-corrected chi connectivity index (χ4v) is 14.3. The number of methoxy groups -OCH3 is 1. The van der Waals surface area contributed by atoms with Crippen LogP contribution in [0.1, 0.15) is 79.6 Å². The molecule has 0 amide bonds. The van der Waals surface area contributed by atoms with Gasteiger partial charge in [0.25, 0.3) is 0 Å². The first-order chi connectivity index (χ1) is 30.8. The third kappa shape index (κ3) is 7.75. The van der Waals surface area contributed by atoms with E-state index in [-0.39, 0.29) is 34.7 Å². The predicted molar refractivity (Wildman–Crippen MR) is 221 cm³/mol. The molecule has 10 N–H and O–H groups in total. The summed E-state index contributed by atoms with van der Waals surface area (Å²) >= 11 is 0. The lowest BCUT2D eigenvalue weighted by Gasteiger charge is -2.58. The van der Waals surface area contributed by atoms with Crippen molar-refractivity contribution in [2.45, 2.75) is 202 Å². The van der Waals surface area contributed by atoms with Gasteiger partial charge in [0.05, 0.1) is 43.0 Å². The Morgan fingerprint density at radius 2 is 1.37 bits per heavy atom. The predicted octanol–water partition coefficient (Wildman–Crippen LogP) is -0.922. The number of allylic oxidation sites excluding steroid dienone is 2. The van der Waals surface area contributed by atoms with Gasteiger partial charge >= 0.3 is 0 Å². The van der Waals surface area contributed by atoms with E-state index in [1.165, 1.54) is 12.5 Å². The molecular formula is C46H72O19. The average Bonchev–Trinajstić information content (AvgIpc) is 3.76. The zero-order chi connectivity index (χ0) is 46.7. The Morgan fingerprint density at radius 3 is 1.98 bits per heavy atom. The molecule has 19 heteroatoms. The van der Waals surface area contributed by atoms with Crippen LogP contribution in [-0.4, -0.2) is 194 Å². The Morgan fingerprint density at radius 1 is 0.738 bits per heavy atom. The van der Waals surface area contributed by atoms with E-state index in [4.69, 9.17) is 42.6 Å². The summed E-state index contributed by atoms with van der Waals surface area (Å²) in [6, 6.07) is 0. The number of aliphatic hydroxyl groups is 10. The molecule has 27 atom stereocenters. The van der Waals surface area contributed by atoms with E-state index in [1.807, 2.05) is 13.8 Å². The Labute approximate surface area is 379 Å². The van der Waals surface area contributed by atoms with E-state index < -0.39 is 130 Å². The minimum absolute atomic E-state index is 0.0565. The molecule has 19 nitrogen and oxygen atoms in total. The summed E-state index contributed by atoms with van der Waals surface area (Å²) in [5.41, 5.74) is 1.25. The van der Waals surface area contributed by atoms with Crippen LogP contribution >= 0.6 is 0 Å². The van der Waals surface area contributed by atoms with Gasteiger partial charge in [-0.25, -0.2) is 0 Å². The van der Waals surface area contributed by atoms with Crippen molar-refractivity contribution >= 4 is 0 Å². The van der Waals surface area contributed by atoms with Gasteiger partial charge in [-0.3, -0.25) is 0 Å². The molecular weight excluding hydrogens is 856 g/mol. The fraction of sp³-hybridized carbons (Fsp3) is 0.913. The van der Waals surface area contributed by atoms with Crippen LogP contribution in [0.5, 0.6) is 0 Å². The molecule has 4 aliphatic carbocycles. The standard InChI is InChI=1S/C46H72O19/c1-18(2)13-25-39(56)60-26-15-24-22-8-7-20-14-21(9-11-44(20,4)23(22)10-12-46(24)38(26)45(25,5)65-43(46)57-6)59-41-36(33(53)30(50)27(16-47)61-41)64-42-37(34(54)31(51)28(17-48)62-42)63-40-35(55)32(52)29(49)19(3)58-40/h7,13,19,21-43,47-56H,8-12,14-17H2,1-6H3/t19-,21-,22+,23?,24-,25-,26-,27+,28+,29-,30+,31+,32+,33-,34-,35+,36+,37+,38+,39+,40-,41+,42-,43+,44-,45-,46+/m0/s1. The van der Waals surface area contributed by atoms with E-state index >= 15 is 0 Å². The fourth-order valence-electron chi connectivity index (χ4n) is 14.3. The molecule has 3 saturated carbocycles. The molecule has 5 heterocycles. The number of rotatable bonds is 10. The van der Waals surface area contributed by atoms with E-state index in [0.29, 0.717) is 24.7 Å². The second kappa shape index (κ2) is 18.2. The Balaban J connectivity index is 0.940. The SMILES string of the molecule is CO[C@@H]1O[C@]2(C)[C@H]3[C@H](C[C@H]4[C@@H]5CC=C6C[C@@H](O[C@@H]7O[C@H](CO)[C@@H](O)[C@H](O)[C@H]7O[C@@H]7O[C@H](CO)[C@@H](O)[C@H](O)[C@H]7O[C@@H]7O[C@@H](C)[C@H](O)[C@@H](O)[C@H]7O)CC[C@]6(C)C5CC[C@]134)O[C@@H](O)[C@@H]2C=C(C)C. The first kappa shape index (κ1) is 48.7. The van der Waals surface area contributed by atoms with Crippen molar-refractivity contribution in [2.75, 3.05) is 20.3 Å². The van der Waals surface area contributed by atoms with Gasteiger partial charge in [-0.05, 0) is 95.8 Å². The Hall–Kier alpha value is -1.28. The molecule has 0 radical (unpaired) electrons. The Kier molecular flexibility index (Phi) is 13.6. The molecule has 9 aliphatic rings. The topological polar surface area (TPSA) is 285 Å². The molecule has 370 valence electrons. The van der Waals surface area contributed by atoms with E-state index in [9.17, 15) is 51.1 Å². The molecule has 65 heavy (non-hydrogen) atoms. The number of hydrogen-bond donors (Lipinski definition) is 10. The normalized spacial score (nSPS) is 56.2. The molecule has 9 rings (SSSR count). The van der Waals surface area contributed by atoms with Crippen LogP contribution in [0.15, 0.2) is 23.3 Å². The van der Waals surface area contributed by atoms with Crippen LogP contribution in [0.4, 0.5) is 0 Å². The number of ether oxygens (including phenoxy) is 9. The summed E-state index contributed by atoms with van der Waals surface area (Å²) in [5, 5.41) is 108. The quantitative estimate of drug-likeness (QED) is 0.119. The van der Waals surface area contributed by atoms with Crippen molar-refractivity contribution in [3.63, 3.8) is 0 Å². The first-order valence-electron chi connectivity index (χ1n) is 23.6. The van der Waals surface area contributed by atoms with Crippen LogP contribution in [0.2, 0.25) is 0 Å². The van der Waals surface area contributed by atoms with Crippen molar-refractivity contribution in [1.29, 1.82) is 0 Å². The average molecular weight is 929 g/mol. The third-order valence-corrected chi connectivity index (χ3v) is 17.5. The second-order valence-electron chi connectivity index (χ2n) is 21.1. The van der Waals surface area contributed by atoms with Gasteiger partial charge in [0.2, 0.25) is 0 Å². The lowest BCUT2D eigenvalue weighted by molar-refractivity contribution is -0.394. The highest BCUT2D eigenvalue weighted by atomic mass is 16.8. The number of fused-ring (bicyclic) bond motifs is 4. The molecule has 5 aliphatic heterocycles. The van der Waals surface area contributed by atoms with Crippen LogP contribution in [0.3, 0.4) is 0 Å². The minimum Gasteiger partial charge on any atom is -0.394 e. The van der Waals surface area contributed by atoms with Gasteiger partial charge in [0.15, 0.2) is 31.5 Å². The molecule has 0 aromatic heterocycles. The summed E-state index contributed by atoms with van der Waals surface area (Å²) in [6.45, 7) is 8.54. The molecule has 0 aromatic rings. The van der Waals surface area contributed by atoms with E-state index in [2.05, 4.69) is 26.0 Å². The van der Waals surface area contributed by atoms with Gasteiger partial charge in [-0.2, -0.15) is 0 Å². The summed E-state index contributed by atoms with van der Waals surface area (Å²) < 4.78 is 56.0. The number of hydrogen-bond acceptors (Lipinski definition) is 19. The van der Waals surface area contributed by atoms with Gasteiger partial charge in [0.1, 0.15) is 67.1 Å². The van der Waals surface area contributed by atoms with E-state index in [1.54, 1.807) is 7.11 Å². The Bertz CT molecular complexity index is 1770. The summed E-state index contributed by atoms with van der Waals surface area (Å²) in [7, 11) is 1.73.